The van der Waals surface area contributed by atoms with Crippen LogP contribution in [0, 0.1) is 0 Å². The molecular formula is C14H20N2O2. The molecule has 0 radical (unpaired) electrons. The quantitative estimate of drug-likeness (QED) is 0.863. The number of carbonyl (C=O) groups is 1. The number of likely N-dealkylation sites (tertiary alicyclic amines) is 1. The SMILES string of the molecule is C[C@H]1CC[C@@H](NCc2ccccc2)CN1C(=O)O. The van der Waals surface area contributed by atoms with Gasteiger partial charge in [0.2, 0.25) is 0 Å². The summed E-state index contributed by atoms with van der Waals surface area (Å²) in [5, 5.41) is 12.5. The van der Waals surface area contributed by atoms with Crippen LogP contribution in [-0.4, -0.2) is 34.7 Å². The molecule has 98 valence electrons. The fraction of sp³-hybridized carbons (Fsp3) is 0.500. The van der Waals surface area contributed by atoms with Gasteiger partial charge in [0.15, 0.2) is 0 Å². The second-order valence-corrected chi connectivity index (χ2v) is 4.92. The average Bonchev–Trinajstić information content (AvgIpc) is 2.38. The number of nitrogens with zero attached hydrogens (tertiary/aromatic N) is 1. The zero-order valence-corrected chi connectivity index (χ0v) is 10.7. The lowest BCUT2D eigenvalue weighted by molar-refractivity contribution is 0.1000. The summed E-state index contributed by atoms with van der Waals surface area (Å²) in [5.74, 6) is 0. The lowest BCUT2D eigenvalue weighted by Gasteiger charge is -2.36. The molecule has 0 aliphatic carbocycles. The van der Waals surface area contributed by atoms with Crippen molar-refractivity contribution in [2.75, 3.05) is 6.54 Å². The van der Waals surface area contributed by atoms with Gasteiger partial charge < -0.3 is 15.3 Å². The molecule has 18 heavy (non-hydrogen) atoms. The molecule has 0 unspecified atom stereocenters. The molecular weight excluding hydrogens is 228 g/mol. The Hall–Kier alpha value is -1.55. The van der Waals surface area contributed by atoms with E-state index in [1.54, 1.807) is 0 Å². The summed E-state index contributed by atoms with van der Waals surface area (Å²) in [6.45, 7) is 3.36. The third-order valence-electron chi connectivity index (χ3n) is 3.57. The minimum Gasteiger partial charge on any atom is -0.465 e. The highest BCUT2D eigenvalue weighted by molar-refractivity contribution is 5.65. The third-order valence-corrected chi connectivity index (χ3v) is 3.57. The van der Waals surface area contributed by atoms with E-state index < -0.39 is 6.09 Å². The van der Waals surface area contributed by atoms with Crippen LogP contribution >= 0.6 is 0 Å². The molecule has 2 N–H and O–H groups in total. The first-order valence-corrected chi connectivity index (χ1v) is 6.43. The molecule has 2 rings (SSSR count). The summed E-state index contributed by atoms with van der Waals surface area (Å²) in [7, 11) is 0. The monoisotopic (exact) mass is 248 g/mol. The van der Waals surface area contributed by atoms with Crippen molar-refractivity contribution in [3.8, 4) is 0 Å². The van der Waals surface area contributed by atoms with Crippen LogP contribution in [0.2, 0.25) is 0 Å². The molecule has 0 saturated carbocycles. The van der Waals surface area contributed by atoms with E-state index in [1.807, 2.05) is 25.1 Å². The van der Waals surface area contributed by atoms with Gasteiger partial charge in [-0.1, -0.05) is 30.3 Å². The van der Waals surface area contributed by atoms with Crippen LogP contribution < -0.4 is 5.32 Å². The number of rotatable bonds is 3. The van der Waals surface area contributed by atoms with Gasteiger partial charge in [-0.25, -0.2) is 4.79 Å². The van der Waals surface area contributed by atoms with Gasteiger partial charge >= 0.3 is 6.09 Å². The Kier molecular flexibility index (Phi) is 4.20. The summed E-state index contributed by atoms with van der Waals surface area (Å²) in [5.41, 5.74) is 1.23. The molecule has 1 aliphatic rings. The van der Waals surface area contributed by atoms with Crippen molar-refractivity contribution in [3.05, 3.63) is 35.9 Å². The third kappa shape index (κ3) is 3.23. The second kappa shape index (κ2) is 5.87. The Morgan fingerprint density at radius 1 is 1.39 bits per heavy atom. The minimum atomic E-state index is -0.811. The molecule has 1 amide bonds. The molecule has 4 nitrogen and oxygen atoms in total. The van der Waals surface area contributed by atoms with Gasteiger partial charge in [0.25, 0.3) is 0 Å². The summed E-state index contributed by atoms with van der Waals surface area (Å²) < 4.78 is 0. The molecule has 0 bridgehead atoms. The number of piperidine rings is 1. The van der Waals surface area contributed by atoms with E-state index >= 15 is 0 Å². The smallest absolute Gasteiger partial charge is 0.407 e. The van der Waals surface area contributed by atoms with Gasteiger partial charge in [0, 0.05) is 25.2 Å². The van der Waals surface area contributed by atoms with Crippen LogP contribution in [0.1, 0.15) is 25.3 Å². The van der Waals surface area contributed by atoms with Crippen LogP contribution in [0.15, 0.2) is 30.3 Å². The molecule has 1 aromatic carbocycles. The predicted molar refractivity (Wildman–Crippen MR) is 70.5 cm³/mol. The standard InChI is InChI=1S/C14H20N2O2/c1-11-7-8-13(10-16(11)14(17)18)15-9-12-5-3-2-4-6-12/h2-6,11,13,15H,7-10H2,1H3,(H,17,18)/t11-,13+/m0/s1. The van der Waals surface area contributed by atoms with Gasteiger partial charge in [-0.3, -0.25) is 0 Å². The maximum absolute atomic E-state index is 11.1. The maximum atomic E-state index is 11.1. The molecule has 0 spiro atoms. The zero-order chi connectivity index (χ0) is 13.0. The first-order valence-electron chi connectivity index (χ1n) is 6.43. The summed E-state index contributed by atoms with van der Waals surface area (Å²) >= 11 is 0. The van der Waals surface area contributed by atoms with Crippen molar-refractivity contribution in [2.24, 2.45) is 0 Å². The van der Waals surface area contributed by atoms with Gasteiger partial charge in [0.05, 0.1) is 0 Å². The molecule has 1 saturated heterocycles. The van der Waals surface area contributed by atoms with Gasteiger partial charge in [0.1, 0.15) is 0 Å². The molecule has 1 heterocycles. The van der Waals surface area contributed by atoms with E-state index in [1.165, 1.54) is 10.5 Å². The van der Waals surface area contributed by atoms with Crippen molar-refractivity contribution in [3.63, 3.8) is 0 Å². The van der Waals surface area contributed by atoms with E-state index in [2.05, 4.69) is 17.4 Å². The zero-order valence-electron chi connectivity index (χ0n) is 10.7. The Morgan fingerprint density at radius 3 is 2.78 bits per heavy atom. The van der Waals surface area contributed by atoms with E-state index in [0.29, 0.717) is 6.54 Å². The van der Waals surface area contributed by atoms with Crippen molar-refractivity contribution >= 4 is 6.09 Å². The van der Waals surface area contributed by atoms with E-state index in [4.69, 9.17) is 5.11 Å². The number of nitrogens with one attached hydrogen (secondary N) is 1. The highest BCUT2D eigenvalue weighted by atomic mass is 16.4. The van der Waals surface area contributed by atoms with E-state index in [0.717, 1.165) is 19.4 Å². The van der Waals surface area contributed by atoms with Gasteiger partial charge in [-0.2, -0.15) is 0 Å². The fourth-order valence-electron chi connectivity index (χ4n) is 2.40. The molecule has 2 atom stereocenters. The van der Waals surface area contributed by atoms with Crippen molar-refractivity contribution in [1.29, 1.82) is 0 Å². The summed E-state index contributed by atoms with van der Waals surface area (Å²) in [6.07, 6.45) is 1.16. The van der Waals surface area contributed by atoms with E-state index in [9.17, 15) is 4.79 Å². The number of carboxylic acid groups (broad SMARTS) is 1. The normalized spacial score (nSPS) is 23.9. The van der Waals surface area contributed by atoms with Gasteiger partial charge in [-0.15, -0.1) is 0 Å². The Morgan fingerprint density at radius 2 is 2.11 bits per heavy atom. The average molecular weight is 248 g/mol. The number of amides is 1. The van der Waals surface area contributed by atoms with Crippen LogP contribution in [0.4, 0.5) is 4.79 Å². The fourth-order valence-corrected chi connectivity index (χ4v) is 2.40. The van der Waals surface area contributed by atoms with Crippen molar-refractivity contribution in [2.45, 2.75) is 38.4 Å². The molecule has 4 heteroatoms. The van der Waals surface area contributed by atoms with E-state index in [-0.39, 0.29) is 12.1 Å². The molecule has 1 aromatic rings. The number of hydrogen-bond donors (Lipinski definition) is 2. The molecule has 1 aliphatic heterocycles. The van der Waals surface area contributed by atoms with Crippen molar-refractivity contribution in [1.82, 2.24) is 10.2 Å². The highest BCUT2D eigenvalue weighted by Crippen LogP contribution is 2.17. The van der Waals surface area contributed by atoms with Crippen LogP contribution in [0.5, 0.6) is 0 Å². The van der Waals surface area contributed by atoms with Crippen molar-refractivity contribution < 1.29 is 9.90 Å². The van der Waals surface area contributed by atoms with Crippen LogP contribution in [0.25, 0.3) is 0 Å². The number of benzene rings is 1. The second-order valence-electron chi connectivity index (χ2n) is 4.92. The lowest BCUT2D eigenvalue weighted by Crippen LogP contribution is -2.51. The van der Waals surface area contributed by atoms with Crippen LogP contribution in [0.3, 0.4) is 0 Å². The largest absolute Gasteiger partial charge is 0.465 e. The minimum absolute atomic E-state index is 0.136. The first kappa shape index (κ1) is 12.9. The Labute approximate surface area is 108 Å². The topological polar surface area (TPSA) is 52.6 Å². The predicted octanol–water partition coefficient (Wildman–Crippen LogP) is 2.31. The Balaban J connectivity index is 1.85. The first-order chi connectivity index (χ1) is 8.66. The maximum Gasteiger partial charge on any atom is 0.407 e. The Bertz CT molecular complexity index is 394. The van der Waals surface area contributed by atoms with Gasteiger partial charge in [-0.05, 0) is 25.3 Å². The summed E-state index contributed by atoms with van der Waals surface area (Å²) in [4.78, 5) is 12.6. The summed E-state index contributed by atoms with van der Waals surface area (Å²) in [6, 6.07) is 10.6. The molecule has 0 aromatic heterocycles. The highest BCUT2D eigenvalue weighted by Gasteiger charge is 2.28. The number of hydrogen-bond acceptors (Lipinski definition) is 2. The lowest BCUT2D eigenvalue weighted by atomic mass is 9.99. The molecule has 1 fully saturated rings. The van der Waals surface area contributed by atoms with Crippen LogP contribution in [-0.2, 0) is 6.54 Å².